The van der Waals surface area contributed by atoms with Gasteiger partial charge in [0.15, 0.2) is 0 Å². The lowest BCUT2D eigenvalue weighted by atomic mass is 9.88. The Morgan fingerprint density at radius 3 is 2.22 bits per heavy atom. The number of nitrogens with zero attached hydrogens (tertiary/aromatic N) is 2. The van der Waals surface area contributed by atoms with Crippen LogP contribution >= 0.6 is 0 Å². The van der Waals surface area contributed by atoms with Crippen LogP contribution in [0.1, 0.15) is 49.2 Å². The van der Waals surface area contributed by atoms with Crippen LogP contribution in [0.2, 0.25) is 0 Å². The van der Waals surface area contributed by atoms with E-state index in [0.29, 0.717) is 12.0 Å². The van der Waals surface area contributed by atoms with Gasteiger partial charge in [0.05, 0.1) is 6.04 Å². The number of halogens is 1. The van der Waals surface area contributed by atoms with Crippen LogP contribution in [0.3, 0.4) is 0 Å². The first kappa shape index (κ1) is 21.8. The molecule has 0 bridgehead atoms. The average molecular weight is 431 g/mol. The molecule has 3 aromatic rings. The topological polar surface area (TPSA) is 40.6 Å². The van der Waals surface area contributed by atoms with Crippen molar-refractivity contribution in [2.45, 2.75) is 39.3 Å². The highest BCUT2D eigenvalue weighted by Gasteiger charge is 2.39. The fourth-order valence-corrected chi connectivity index (χ4v) is 4.40. The zero-order valence-electron chi connectivity index (χ0n) is 18.5. The number of amides is 2. The van der Waals surface area contributed by atoms with Crippen molar-refractivity contribution in [1.29, 1.82) is 0 Å². The summed E-state index contributed by atoms with van der Waals surface area (Å²) in [5.74, 6) is -0.647. The molecular formula is C27H27FN2O2. The van der Waals surface area contributed by atoms with E-state index in [1.807, 2.05) is 80.3 Å². The molecule has 0 fully saturated rings. The number of carbonyl (C=O) groups is 2. The molecule has 32 heavy (non-hydrogen) atoms. The van der Waals surface area contributed by atoms with E-state index in [-0.39, 0.29) is 35.6 Å². The molecule has 2 atom stereocenters. The number of carbonyl (C=O) groups excluding carboxylic acids is 2. The highest BCUT2D eigenvalue weighted by atomic mass is 19.1. The zero-order chi connectivity index (χ0) is 22.8. The predicted molar refractivity (Wildman–Crippen MR) is 125 cm³/mol. The third-order valence-corrected chi connectivity index (χ3v) is 5.95. The Kier molecular flexibility index (Phi) is 6.08. The molecule has 0 saturated heterocycles. The molecule has 5 heteroatoms. The summed E-state index contributed by atoms with van der Waals surface area (Å²) >= 11 is 0. The molecule has 1 aliphatic heterocycles. The van der Waals surface area contributed by atoms with Crippen LogP contribution in [0.4, 0.5) is 15.8 Å². The second kappa shape index (κ2) is 8.95. The lowest BCUT2D eigenvalue weighted by Crippen LogP contribution is -2.49. The van der Waals surface area contributed by atoms with E-state index < -0.39 is 0 Å². The lowest BCUT2D eigenvalue weighted by molar-refractivity contribution is -0.122. The Morgan fingerprint density at radius 2 is 1.56 bits per heavy atom. The van der Waals surface area contributed by atoms with Crippen molar-refractivity contribution in [1.82, 2.24) is 0 Å². The van der Waals surface area contributed by atoms with E-state index in [0.717, 1.165) is 16.9 Å². The fraction of sp³-hybridized carbons (Fsp3) is 0.259. The highest BCUT2D eigenvalue weighted by Crippen LogP contribution is 2.43. The molecule has 3 aromatic carbocycles. The average Bonchev–Trinajstić information content (AvgIpc) is 2.80. The van der Waals surface area contributed by atoms with Gasteiger partial charge in [-0.2, -0.15) is 0 Å². The highest BCUT2D eigenvalue weighted by molar-refractivity contribution is 6.07. The van der Waals surface area contributed by atoms with E-state index >= 15 is 0 Å². The first-order valence-corrected chi connectivity index (χ1v) is 10.9. The maximum absolute atomic E-state index is 13.7. The number of fused-ring (bicyclic) bond motifs is 1. The molecule has 0 saturated carbocycles. The van der Waals surface area contributed by atoms with Crippen molar-refractivity contribution in [3.05, 3.63) is 95.8 Å². The molecule has 0 aliphatic carbocycles. The normalized spacial score (nSPS) is 17.7. The zero-order valence-corrected chi connectivity index (χ0v) is 18.5. The molecule has 164 valence electrons. The summed E-state index contributed by atoms with van der Waals surface area (Å²) in [5.41, 5.74) is 2.94. The van der Waals surface area contributed by atoms with Gasteiger partial charge in [0, 0.05) is 28.9 Å². The third-order valence-electron chi connectivity index (χ3n) is 5.95. The van der Waals surface area contributed by atoms with Crippen molar-refractivity contribution in [2.24, 2.45) is 5.92 Å². The minimum Gasteiger partial charge on any atom is -0.309 e. The van der Waals surface area contributed by atoms with Crippen LogP contribution in [-0.4, -0.2) is 17.9 Å². The van der Waals surface area contributed by atoms with Gasteiger partial charge in [-0.3, -0.25) is 9.59 Å². The Bertz CT molecular complexity index is 1110. The largest absolute Gasteiger partial charge is 0.309 e. The van der Waals surface area contributed by atoms with Crippen LogP contribution in [-0.2, 0) is 4.79 Å². The molecule has 1 heterocycles. The van der Waals surface area contributed by atoms with E-state index in [9.17, 15) is 14.0 Å². The Morgan fingerprint density at radius 1 is 0.938 bits per heavy atom. The number of anilines is 2. The van der Waals surface area contributed by atoms with E-state index in [1.54, 1.807) is 4.90 Å². The van der Waals surface area contributed by atoms with E-state index in [1.165, 1.54) is 24.3 Å². The SMILES string of the molecule is CC(C)C(=O)N1c2ccccc2C(N(C(=O)c2ccc(F)cc2)c2ccccc2)CC1C. The minimum absolute atomic E-state index is 0.0690. The van der Waals surface area contributed by atoms with Crippen molar-refractivity contribution >= 4 is 23.2 Å². The van der Waals surface area contributed by atoms with E-state index in [2.05, 4.69) is 0 Å². The van der Waals surface area contributed by atoms with Crippen molar-refractivity contribution in [3.8, 4) is 0 Å². The summed E-state index contributed by atoms with van der Waals surface area (Å²) in [5, 5.41) is 0. The molecule has 0 N–H and O–H groups in total. The van der Waals surface area contributed by atoms with Gasteiger partial charge < -0.3 is 9.80 Å². The van der Waals surface area contributed by atoms with Crippen LogP contribution < -0.4 is 9.80 Å². The van der Waals surface area contributed by atoms with Gasteiger partial charge in [0.1, 0.15) is 5.82 Å². The summed E-state index contributed by atoms with van der Waals surface area (Å²) in [6, 6.07) is 22.6. The fourth-order valence-electron chi connectivity index (χ4n) is 4.40. The quantitative estimate of drug-likeness (QED) is 0.510. The smallest absolute Gasteiger partial charge is 0.258 e. The summed E-state index contributed by atoms with van der Waals surface area (Å²) < 4.78 is 13.5. The second-order valence-electron chi connectivity index (χ2n) is 8.54. The molecule has 0 spiro atoms. The monoisotopic (exact) mass is 430 g/mol. The number of rotatable bonds is 4. The number of hydrogen-bond donors (Lipinski definition) is 0. The first-order chi connectivity index (χ1) is 15.4. The van der Waals surface area contributed by atoms with Crippen LogP contribution in [0, 0.1) is 11.7 Å². The van der Waals surface area contributed by atoms with Gasteiger partial charge in [-0.15, -0.1) is 0 Å². The van der Waals surface area contributed by atoms with Gasteiger partial charge >= 0.3 is 0 Å². The number of para-hydroxylation sites is 2. The summed E-state index contributed by atoms with van der Waals surface area (Å²) in [7, 11) is 0. The van der Waals surface area contributed by atoms with Crippen molar-refractivity contribution in [2.75, 3.05) is 9.80 Å². The van der Waals surface area contributed by atoms with E-state index in [4.69, 9.17) is 0 Å². The molecule has 2 unspecified atom stereocenters. The Labute approximate surface area is 188 Å². The van der Waals surface area contributed by atoms with Crippen molar-refractivity contribution in [3.63, 3.8) is 0 Å². The molecule has 1 aliphatic rings. The molecular weight excluding hydrogens is 403 g/mol. The molecule has 0 radical (unpaired) electrons. The Balaban J connectivity index is 1.84. The first-order valence-electron chi connectivity index (χ1n) is 10.9. The molecule has 2 amide bonds. The minimum atomic E-state index is -0.382. The van der Waals surface area contributed by atoms with Crippen LogP contribution in [0.15, 0.2) is 78.9 Å². The molecule has 4 rings (SSSR count). The summed E-state index contributed by atoms with van der Waals surface area (Å²) in [6.45, 7) is 5.82. The van der Waals surface area contributed by atoms with Crippen LogP contribution in [0.25, 0.3) is 0 Å². The third kappa shape index (κ3) is 4.03. The van der Waals surface area contributed by atoms with Gasteiger partial charge in [0.25, 0.3) is 5.91 Å². The predicted octanol–water partition coefficient (Wildman–Crippen LogP) is 6.00. The van der Waals surface area contributed by atoms with Gasteiger partial charge in [-0.05, 0) is 61.4 Å². The molecule has 4 nitrogen and oxygen atoms in total. The standard InChI is InChI=1S/C27H27FN2O2/c1-18(2)26(31)29-19(3)17-25(23-11-7-8-12-24(23)29)30(22-9-5-4-6-10-22)27(32)20-13-15-21(28)16-14-20/h4-16,18-19,25H,17H2,1-3H3. The van der Waals surface area contributed by atoms with Crippen molar-refractivity contribution < 1.29 is 14.0 Å². The summed E-state index contributed by atoms with van der Waals surface area (Å²) in [6.07, 6.45) is 0.595. The van der Waals surface area contributed by atoms with Gasteiger partial charge in [-0.1, -0.05) is 50.2 Å². The number of benzene rings is 3. The maximum atomic E-state index is 13.7. The van der Waals surface area contributed by atoms with Gasteiger partial charge in [-0.25, -0.2) is 4.39 Å². The summed E-state index contributed by atoms with van der Waals surface area (Å²) in [4.78, 5) is 30.4. The second-order valence-corrected chi connectivity index (χ2v) is 8.54. The Hall–Kier alpha value is -3.47. The van der Waals surface area contributed by atoms with Gasteiger partial charge in [0.2, 0.25) is 5.91 Å². The maximum Gasteiger partial charge on any atom is 0.258 e. The number of hydrogen-bond acceptors (Lipinski definition) is 2. The lowest BCUT2D eigenvalue weighted by Gasteiger charge is -2.44. The van der Waals surface area contributed by atoms with Crippen LogP contribution in [0.5, 0.6) is 0 Å². The molecule has 0 aromatic heterocycles.